The van der Waals surface area contributed by atoms with Gasteiger partial charge < -0.3 is 9.88 Å². The molecule has 84 valence electrons. The smallest absolute Gasteiger partial charge is 0.261 e. The average molecular weight is 300 g/mol. The molecule has 0 saturated carbocycles. The molecular formula is C10H10BrN3OS. The molecule has 4 nitrogen and oxygen atoms in total. The third-order valence-electron chi connectivity index (χ3n) is 2.01. The predicted molar refractivity (Wildman–Crippen MR) is 66.6 cm³/mol. The van der Waals surface area contributed by atoms with Crippen LogP contribution in [0.25, 0.3) is 0 Å². The van der Waals surface area contributed by atoms with Crippen LogP contribution in [0.5, 0.6) is 0 Å². The Bertz CT molecular complexity index is 466. The zero-order valence-corrected chi connectivity index (χ0v) is 10.8. The molecule has 0 atom stereocenters. The van der Waals surface area contributed by atoms with Crippen LogP contribution in [-0.4, -0.2) is 22.0 Å². The van der Waals surface area contributed by atoms with Crippen LogP contribution in [0.15, 0.2) is 34.6 Å². The maximum Gasteiger partial charge on any atom is 0.261 e. The number of aromatic nitrogens is 2. The highest BCUT2D eigenvalue weighted by atomic mass is 79.9. The van der Waals surface area contributed by atoms with Gasteiger partial charge in [-0.05, 0) is 28.1 Å². The lowest BCUT2D eigenvalue weighted by Gasteiger charge is -2.03. The lowest BCUT2D eigenvalue weighted by molar-refractivity contribution is 0.0956. The summed E-state index contributed by atoms with van der Waals surface area (Å²) >= 11 is 4.76. The molecule has 1 amide bonds. The van der Waals surface area contributed by atoms with E-state index in [0.717, 1.165) is 15.2 Å². The molecule has 0 aromatic carbocycles. The summed E-state index contributed by atoms with van der Waals surface area (Å²) in [7, 11) is 0. The molecule has 0 unspecified atom stereocenters. The second kappa shape index (κ2) is 5.27. The van der Waals surface area contributed by atoms with E-state index in [9.17, 15) is 4.79 Å². The van der Waals surface area contributed by atoms with Crippen LogP contribution >= 0.6 is 27.3 Å². The van der Waals surface area contributed by atoms with Crippen LogP contribution in [0, 0.1) is 0 Å². The summed E-state index contributed by atoms with van der Waals surface area (Å²) in [6, 6.07) is 3.68. The number of nitrogens with zero attached hydrogens (tertiary/aromatic N) is 2. The van der Waals surface area contributed by atoms with E-state index in [4.69, 9.17) is 0 Å². The predicted octanol–water partition coefficient (Wildman–Crippen LogP) is 2.14. The van der Waals surface area contributed by atoms with Gasteiger partial charge in [0.2, 0.25) is 0 Å². The van der Waals surface area contributed by atoms with Gasteiger partial charge in [0, 0.05) is 25.5 Å². The zero-order chi connectivity index (χ0) is 11.4. The number of amides is 1. The van der Waals surface area contributed by atoms with Gasteiger partial charge in [-0.25, -0.2) is 4.98 Å². The number of nitrogens with one attached hydrogen (secondary N) is 1. The summed E-state index contributed by atoms with van der Waals surface area (Å²) < 4.78 is 2.89. The van der Waals surface area contributed by atoms with E-state index in [1.54, 1.807) is 18.6 Å². The Balaban J connectivity index is 1.80. The van der Waals surface area contributed by atoms with Crippen LogP contribution in [-0.2, 0) is 6.54 Å². The van der Waals surface area contributed by atoms with Crippen LogP contribution in [0.3, 0.4) is 0 Å². The van der Waals surface area contributed by atoms with Crippen molar-refractivity contribution in [3.05, 3.63) is 39.5 Å². The molecule has 0 aliphatic carbocycles. The molecule has 0 radical (unpaired) electrons. The van der Waals surface area contributed by atoms with Crippen molar-refractivity contribution in [1.29, 1.82) is 0 Å². The number of rotatable bonds is 4. The van der Waals surface area contributed by atoms with E-state index in [2.05, 4.69) is 26.2 Å². The van der Waals surface area contributed by atoms with E-state index in [-0.39, 0.29) is 5.91 Å². The normalized spacial score (nSPS) is 10.3. The van der Waals surface area contributed by atoms with Crippen molar-refractivity contribution in [2.24, 2.45) is 0 Å². The van der Waals surface area contributed by atoms with Crippen molar-refractivity contribution in [3.8, 4) is 0 Å². The number of halogens is 1. The van der Waals surface area contributed by atoms with Gasteiger partial charge in [0.15, 0.2) is 0 Å². The molecule has 6 heteroatoms. The topological polar surface area (TPSA) is 46.9 Å². The Morgan fingerprint density at radius 1 is 1.56 bits per heavy atom. The lowest BCUT2D eigenvalue weighted by atomic mass is 10.4. The number of thiophene rings is 1. The highest BCUT2D eigenvalue weighted by Crippen LogP contribution is 2.21. The second-order valence-electron chi connectivity index (χ2n) is 3.16. The SMILES string of the molecule is O=C(NCCn1ccnc1)c1ccc(Br)s1. The minimum absolute atomic E-state index is 0.0317. The minimum atomic E-state index is -0.0317. The largest absolute Gasteiger partial charge is 0.350 e. The Labute approximate surface area is 105 Å². The fraction of sp³-hybridized carbons (Fsp3) is 0.200. The molecule has 0 spiro atoms. The highest BCUT2D eigenvalue weighted by Gasteiger charge is 2.06. The van der Waals surface area contributed by atoms with Crippen molar-refractivity contribution in [2.75, 3.05) is 6.54 Å². The summed E-state index contributed by atoms with van der Waals surface area (Å²) in [5, 5.41) is 2.85. The molecule has 2 aromatic rings. The maximum atomic E-state index is 11.6. The Kier molecular flexibility index (Phi) is 3.74. The molecule has 2 heterocycles. The van der Waals surface area contributed by atoms with Gasteiger partial charge in [-0.15, -0.1) is 11.3 Å². The third-order valence-corrected chi connectivity index (χ3v) is 3.63. The van der Waals surface area contributed by atoms with Gasteiger partial charge in [0.25, 0.3) is 5.91 Å². The molecular weight excluding hydrogens is 290 g/mol. The number of carbonyl (C=O) groups excluding carboxylic acids is 1. The Morgan fingerprint density at radius 2 is 2.44 bits per heavy atom. The van der Waals surface area contributed by atoms with Crippen molar-refractivity contribution in [2.45, 2.75) is 6.54 Å². The summed E-state index contributed by atoms with van der Waals surface area (Å²) in [5.41, 5.74) is 0. The fourth-order valence-electron chi connectivity index (χ4n) is 1.24. The van der Waals surface area contributed by atoms with Crippen molar-refractivity contribution >= 4 is 33.2 Å². The van der Waals surface area contributed by atoms with Crippen LogP contribution < -0.4 is 5.32 Å². The molecule has 2 rings (SSSR count). The van der Waals surface area contributed by atoms with E-state index in [1.807, 2.05) is 16.8 Å². The molecule has 16 heavy (non-hydrogen) atoms. The second-order valence-corrected chi connectivity index (χ2v) is 5.62. The van der Waals surface area contributed by atoms with Gasteiger partial charge in [-0.2, -0.15) is 0 Å². The van der Waals surface area contributed by atoms with Crippen molar-refractivity contribution < 1.29 is 4.79 Å². The summed E-state index contributed by atoms with van der Waals surface area (Å²) in [4.78, 5) is 16.3. The fourth-order valence-corrected chi connectivity index (χ4v) is 2.54. The minimum Gasteiger partial charge on any atom is -0.350 e. The van der Waals surface area contributed by atoms with Crippen LogP contribution in [0.4, 0.5) is 0 Å². The first-order valence-corrected chi connectivity index (χ1v) is 6.36. The Morgan fingerprint density at radius 3 is 3.06 bits per heavy atom. The van der Waals surface area contributed by atoms with Crippen molar-refractivity contribution in [1.82, 2.24) is 14.9 Å². The lowest BCUT2D eigenvalue weighted by Crippen LogP contribution is -2.26. The standard InChI is InChI=1S/C10H10BrN3OS/c11-9-2-1-8(16-9)10(15)13-4-6-14-5-3-12-7-14/h1-3,5,7H,4,6H2,(H,13,15). The van der Waals surface area contributed by atoms with Gasteiger partial charge in [0.05, 0.1) is 15.0 Å². The van der Waals surface area contributed by atoms with Gasteiger partial charge >= 0.3 is 0 Å². The molecule has 2 aromatic heterocycles. The molecule has 0 bridgehead atoms. The quantitative estimate of drug-likeness (QED) is 0.940. The summed E-state index contributed by atoms with van der Waals surface area (Å²) in [5.74, 6) is -0.0317. The van der Waals surface area contributed by atoms with Crippen LogP contribution in [0.2, 0.25) is 0 Å². The van der Waals surface area contributed by atoms with Gasteiger partial charge in [0.1, 0.15) is 0 Å². The first kappa shape index (κ1) is 11.3. The molecule has 1 N–H and O–H groups in total. The van der Waals surface area contributed by atoms with E-state index < -0.39 is 0 Å². The molecule has 0 aliphatic heterocycles. The van der Waals surface area contributed by atoms with E-state index in [0.29, 0.717) is 6.54 Å². The number of carbonyl (C=O) groups is 1. The van der Waals surface area contributed by atoms with Gasteiger partial charge in [-0.1, -0.05) is 0 Å². The third kappa shape index (κ3) is 2.93. The number of imidazole rings is 1. The highest BCUT2D eigenvalue weighted by molar-refractivity contribution is 9.11. The van der Waals surface area contributed by atoms with Crippen LogP contribution in [0.1, 0.15) is 9.67 Å². The molecule has 0 aliphatic rings. The summed E-state index contributed by atoms with van der Waals surface area (Å²) in [6.07, 6.45) is 5.32. The van der Waals surface area contributed by atoms with E-state index >= 15 is 0 Å². The molecule has 0 saturated heterocycles. The van der Waals surface area contributed by atoms with E-state index in [1.165, 1.54) is 11.3 Å². The molecule has 0 fully saturated rings. The number of hydrogen-bond donors (Lipinski definition) is 1. The van der Waals surface area contributed by atoms with Gasteiger partial charge in [-0.3, -0.25) is 4.79 Å². The van der Waals surface area contributed by atoms with Crippen molar-refractivity contribution in [3.63, 3.8) is 0 Å². The monoisotopic (exact) mass is 299 g/mol. The zero-order valence-electron chi connectivity index (χ0n) is 8.39. The average Bonchev–Trinajstić information content (AvgIpc) is 2.89. The number of hydrogen-bond acceptors (Lipinski definition) is 3. The maximum absolute atomic E-state index is 11.6. The first-order valence-electron chi connectivity index (χ1n) is 4.75. The Hall–Kier alpha value is -1.14. The summed E-state index contributed by atoms with van der Waals surface area (Å²) in [6.45, 7) is 1.34. The first-order chi connectivity index (χ1) is 7.75.